The Morgan fingerprint density at radius 2 is 0.989 bits per heavy atom. The number of aliphatic hydroxyl groups is 19. The number of aliphatic carboxylic acids is 1. The van der Waals surface area contributed by atoms with Gasteiger partial charge in [0.2, 0.25) is 11.8 Å². The van der Waals surface area contributed by atoms with E-state index in [1.165, 1.54) is 13.8 Å². The number of nitrogens with one attached hydrogen (secondary N) is 2. The Morgan fingerprint density at radius 3 is 1.54 bits per heavy atom. The number of carbonyl (C=O) groups excluding carboxylic acids is 2. The van der Waals surface area contributed by atoms with Crippen molar-refractivity contribution in [1.29, 1.82) is 0 Å². The molecule has 534 valence electrons. The predicted octanol–water partition coefficient (Wildman–Crippen LogP) is -12.6. The highest BCUT2D eigenvalue weighted by atomic mass is 32.0. The maximum atomic E-state index is 13.1. The first kappa shape index (κ1) is 77.3. The minimum absolute atomic E-state index is 0.797. The van der Waals surface area contributed by atoms with Gasteiger partial charge in [0.15, 0.2) is 37.7 Å². The fourth-order valence-corrected chi connectivity index (χ4v) is 12.5. The summed E-state index contributed by atoms with van der Waals surface area (Å²) in [6.45, 7) is 0.427. The number of ether oxygens (including phenoxy) is 13. The summed E-state index contributed by atoms with van der Waals surface area (Å²) in [6, 6.07) is -3.48. The van der Waals surface area contributed by atoms with E-state index in [1.807, 2.05) is 0 Å². The highest BCUT2D eigenvalue weighted by Gasteiger charge is 2.60. The topological polar surface area (TPSA) is 609 Å². The standard InChI is InChI=1S/C51H88N2O37P2/c1-13-17(60)6-51(50(75)76,89-39(13)27(63)18(61)7-54)78-12-23-29(65)34(70)38(74)48(83-23)85-40-20(9-56)81-44(24(31(40)67)52-15(3)58)77-11-22-30(66)35(71)43(49(84-22)90-92(5)91)88-45-25(53-16(4)59)42(87-46-36(72)32(68)26(62)14(2)79-46)41(21(10-57)82-45)86-47-37(73)33(69)28(64)19(8-55)80-47/h13-14,17-49,54-57,60-74H,6-12,91H2,1-5H3,(H,52,58)(H,53,59)(H,75,76)/t13-,14?,17-,18-,19?,20?,21?,22?,23?,24?,25?,26-,27-,28+,29+,30-,31-,32?,33+,34+,35+,36?,37?,38?,39?,40-,41-,42-,43?,44-,45+,46+,47+,48+,49-,51-,92?/m1/s1. The van der Waals surface area contributed by atoms with Gasteiger partial charge in [0, 0.05) is 34.0 Å². The third-order valence-electron chi connectivity index (χ3n) is 16.9. The molecule has 0 aromatic rings. The second kappa shape index (κ2) is 33.2. The third-order valence-corrected chi connectivity index (χ3v) is 17.8. The van der Waals surface area contributed by atoms with Gasteiger partial charge in [0.25, 0.3) is 5.79 Å². The van der Waals surface area contributed by atoms with Crippen molar-refractivity contribution in [3.05, 3.63) is 0 Å². The molecule has 0 bridgehead atoms. The van der Waals surface area contributed by atoms with E-state index in [9.17, 15) is 117 Å². The summed E-state index contributed by atoms with van der Waals surface area (Å²) in [6.07, 6.45) is -60.7. The number of carboxylic acid groups (broad SMARTS) is 1. The zero-order chi connectivity index (χ0) is 68.3. The quantitative estimate of drug-likeness (QED) is 0.0377. The van der Waals surface area contributed by atoms with Crippen LogP contribution < -0.4 is 10.6 Å². The summed E-state index contributed by atoms with van der Waals surface area (Å²) >= 11 is 0. The van der Waals surface area contributed by atoms with Crippen LogP contribution in [0.5, 0.6) is 0 Å². The number of carboxylic acids is 1. The molecule has 0 saturated carbocycles. The smallest absolute Gasteiger partial charge is 0.364 e. The molecular formula is C51H88N2O37P2. The summed E-state index contributed by atoms with van der Waals surface area (Å²) in [7, 11) is 0.736. The lowest BCUT2D eigenvalue weighted by Crippen LogP contribution is -2.71. The molecule has 7 aliphatic heterocycles. The van der Waals surface area contributed by atoms with Crippen LogP contribution in [0.4, 0.5) is 0 Å². The number of carbonyl (C=O) groups is 3. The number of aliphatic hydroxyl groups excluding tert-OH is 19. The molecule has 2 amide bonds. The van der Waals surface area contributed by atoms with Crippen LogP contribution in [0.15, 0.2) is 0 Å². The molecule has 38 atom stereocenters. The van der Waals surface area contributed by atoms with Crippen LogP contribution in [0, 0.1) is 5.92 Å². The Hall–Kier alpha value is -2.05. The fourth-order valence-electron chi connectivity index (χ4n) is 11.6. The van der Waals surface area contributed by atoms with Crippen molar-refractivity contribution < 1.29 is 183 Å². The Kier molecular flexibility index (Phi) is 27.9. The summed E-state index contributed by atoms with van der Waals surface area (Å²) in [4.78, 5) is 38.5. The SMILES string of the molecule is CC(=O)NC1[C@H](OCC2O[C@H](OP(C)P)C(O[C@@H]3OC(CO)[C@@H](O[C@@H]4OC(CO)[C@H](O)[C@H](O)C4O)[C@H](O[C@@H]4OC(C)[C@@H](O)C(O)C4O)C3NC(C)=O)[C@@H](O)[C@@H]2O)OC(CO)[C@@H](O[C@@H]2OC(CO[C@]3(C(=O)O)C[C@@H](O)[C@@H](C)C([C@H](O)[C@H](O)CO)O3)[C@H](O)[C@H](O)C2O)[C@@H]1O. The van der Waals surface area contributed by atoms with Gasteiger partial charge in [-0.15, -0.1) is 0 Å². The maximum absolute atomic E-state index is 13.1. The number of hydrogen-bond acceptors (Lipinski definition) is 36. The third kappa shape index (κ3) is 17.1. The van der Waals surface area contributed by atoms with Gasteiger partial charge in [-0.05, 0) is 13.6 Å². The van der Waals surface area contributed by atoms with Crippen LogP contribution in [-0.4, -0.2) is 381 Å². The zero-order valence-electron chi connectivity index (χ0n) is 50.1. The molecule has 0 radical (unpaired) electrons. The van der Waals surface area contributed by atoms with Crippen molar-refractivity contribution >= 4 is 34.5 Å². The first-order valence-corrected chi connectivity index (χ1v) is 32.6. The Balaban J connectivity index is 1.09. The van der Waals surface area contributed by atoms with E-state index in [0.29, 0.717) is 0 Å². The minimum Gasteiger partial charge on any atom is -0.477 e. The molecule has 0 aromatic carbocycles. The Labute approximate surface area is 527 Å². The van der Waals surface area contributed by atoms with Crippen LogP contribution in [0.25, 0.3) is 0 Å². The summed E-state index contributed by atoms with van der Waals surface area (Å²) in [5.74, 6) is -7.41. The van der Waals surface area contributed by atoms with E-state index in [0.717, 1.165) is 13.8 Å². The molecule has 7 fully saturated rings. The maximum Gasteiger partial charge on any atom is 0.364 e. The van der Waals surface area contributed by atoms with Crippen molar-refractivity contribution in [3.63, 3.8) is 0 Å². The van der Waals surface area contributed by atoms with Crippen LogP contribution in [0.1, 0.15) is 34.1 Å². The lowest BCUT2D eigenvalue weighted by molar-refractivity contribution is -0.386. The zero-order valence-corrected chi connectivity index (χ0v) is 52.1. The molecule has 92 heavy (non-hydrogen) atoms. The van der Waals surface area contributed by atoms with Gasteiger partial charge in [0.05, 0.1) is 58.0 Å². The summed E-state index contributed by atoms with van der Waals surface area (Å²) in [5.41, 5.74) is 0. The number of rotatable bonds is 25. The molecule has 0 spiro atoms. The van der Waals surface area contributed by atoms with Gasteiger partial charge in [-0.25, -0.2) is 4.79 Å². The van der Waals surface area contributed by atoms with Gasteiger partial charge in [-0.2, -0.15) is 0 Å². The normalized spacial score (nSPS) is 48.0. The van der Waals surface area contributed by atoms with Crippen molar-refractivity contribution in [2.45, 2.75) is 248 Å². The van der Waals surface area contributed by atoms with Crippen LogP contribution in [0.2, 0.25) is 0 Å². The van der Waals surface area contributed by atoms with Crippen LogP contribution >= 0.6 is 16.8 Å². The average Bonchev–Trinajstić information content (AvgIpc) is 1.95. The molecule has 22 N–H and O–H groups in total. The first-order valence-electron chi connectivity index (χ1n) is 29.3. The highest BCUT2D eigenvalue weighted by molar-refractivity contribution is 8.10. The van der Waals surface area contributed by atoms with Crippen LogP contribution in [-0.2, 0) is 80.5 Å². The molecule has 39 nitrogen and oxygen atoms in total. The fraction of sp³-hybridized carbons (Fsp3) is 0.941. The van der Waals surface area contributed by atoms with E-state index in [4.69, 9.17) is 66.1 Å². The summed E-state index contributed by atoms with van der Waals surface area (Å²) < 4.78 is 82.9. The average molecular weight is 1380 g/mol. The Bertz CT molecular complexity index is 2350. The van der Waals surface area contributed by atoms with Crippen molar-refractivity contribution in [2.24, 2.45) is 5.92 Å². The van der Waals surface area contributed by atoms with E-state index in [-0.39, 0.29) is 0 Å². The molecule has 41 heteroatoms. The summed E-state index contributed by atoms with van der Waals surface area (Å²) in [5, 5.41) is 221. The van der Waals surface area contributed by atoms with Crippen molar-refractivity contribution in [3.8, 4) is 0 Å². The van der Waals surface area contributed by atoms with E-state index >= 15 is 0 Å². The first-order chi connectivity index (χ1) is 43.2. The van der Waals surface area contributed by atoms with Crippen LogP contribution in [0.3, 0.4) is 0 Å². The van der Waals surface area contributed by atoms with E-state index < -0.39 is 292 Å². The Morgan fingerprint density at radius 1 is 0.533 bits per heavy atom. The lowest BCUT2D eigenvalue weighted by atomic mass is 9.84. The molecule has 0 aromatic heterocycles. The van der Waals surface area contributed by atoms with Crippen molar-refractivity contribution in [1.82, 2.24) is 10.6 Å². The van der Waals surface area contributed by atoms with Gasteiger partial charge >= 0.3 is 5.97 Å². The molecule has 7 rings (SSSR count). The van der Waals surface area contributed by atoms with Crippen molar-refractivity contribution in [2.75, 3.05) is 46.3 Å². The molecular weight excluding hydrogens is 1290 g/mol. The molecule has 7 heterocycles. The van der Waals surface area contributed by atoms with Gasteiger partial charge in [-0.1, -0.05) is 15.9 Å². The van der Waals surface area contributed by atoms with E-state index in [1.54, 1.807) is 6.66 Å². The van der Waals surface area contributed by atoms with Gasteiger partial charge < -0.3 is 179 Å². The number of hydrogen-bond donors (Lipinski definition) is 22. The second-order valence-electron chi connectivity index (χ2n) is 23.5. The van der Waals surface area contributed by atoms with E-state index in [2.05, 4.69) is 19.6 Å². The highest BCUT2D eigenvalue weighted by Crippen LogP contribution is 2.46. The van der Waals surface area contributed by atoms with Gasteiger partial charge in [0.1, 0.15) is 152 Å². The number of amides is 2. The largest absolute Gasteiger partial charge is 0.477 e. The minimum atomic E-state index is -2.82. The molecule has 16 unspecified atom stereocenters. The lowest BCUT2D eigenvalue weighted by Gasteiger charge is -2.51. The second-order valence-corrected chi connectivity index (χ2v) is 27.0. The monoisotopic (exact) mass is 1380 g/mol. The van der Waals surface area contributed by atoms with Gasteiger partial charge in [-0.3, -0.25) is 9.59 Å². The molecule has 0 aliphatic carbocycles. The predicted molar refractivity (Wildman–Crippen MR) is 295 cm³/mol. The molecule has 7 saturated heterocycles. The molecule has 7 aliphatic rings.